The SMILES string of the molecule is CC1(C)CCN(Cc2cc(F)c(N3CC(=O)NC4(CCN(c5cc(NCc6cccc(CNC(=O)CCCCCNc7cccc8c7C(=O)N(C7CCC(=O)NC7=O)C8=O)c6)ncn5)CC4)C3)cc2F)CC1. The van der Waals surface area contributed by atoms with Gasteiger partial charge in [-0.15, -0.1) is 0 Å². The van der Waals surface area contributed by atoms with E-state index in [0.717, 1.165) is 60.6 Å². The molecular formula is C53H63F2N11O6. The number of halogens is 2. The number of rotatable bonds is 17. The summed E-state index contributed by atoms with van der Waals surface area (Å²) in [7, 11) is 0. The Kier molecular flexibility index (Phi) is 14.8. The number of aromatic nitrogens is 2. The van der Waals surface area contributed by atoms with Gasteiger partial charge in [0.05, 0.1) is 28.9 Å². The van der Waals surface area contributed by atoms with Crippen molar-refractivity contribution in [2.24, 2.45) is 5.41 Å². The molecule has 0 saturated carbocycles. The molecule has 1 aromatic heterocycles. The molecule has 1 spiro atoms. The van der Waals surface area contributed by atoms with Crippen molar-refractivity contribution >= 4 is 58.5 Å². The van der Waals surface area contributed by atoms with Crippen LogP contribution in [0.4, 0.5) is 31.8 Å². The van der Waals surface area contributed by atoms with Crippen LogP contribution in [-0.4, -0.2) is 113 Å². The minimum absolute atomic E-state index is 0.0442. The molecule has 0 bridgehead atoms. The standard InChI is InChI=1S/C53H63F2N11O6/c1-52(2)15-20-63(21-16-52)30-36-25-39(55)42(26-38(36)54)65-31-47(69)62-53(32-65)17-22-64(23-18-53)44-27-43(59-33-60-44)57-28-34-8-6-9-35(24-34)29-58-45(67)12-4-3-5-19-56-40-11-7-10-37-48(40)51(72)66(50(37)71)41-13-14-46(68)61-49(41)70/h6-11,24-27,33,41,56H,3-5,12-23,28-32H2,1-2H3,(H,58,67)(H,62,69)(H,57,59,60)(H,61,68,70). The van der Waals surface area contributed by atoms with E-state index in [9.17, 15) is 28.8 Å². The molecule has 4 fully saturated rings. The lowest BCUT2D eigenvalue weighted by atomic mass is 9.82. The van der Waals surface area contributed by atoms with Gasteiger partial charge in [0.2, 0.25) is 23.6 Å². The number of hydrogen-bond acceptors (Lipinski definition) is 13. The molecule has 4 saturated heterocycles. The number of piperazine rings is 1. The Morgan fingerprint density at radius 3 is 2.33 bits per heavy atom. The molecule has 19 heteroatoms. The smallest absolute Gasteiger partial charge is 0.264 e. The lowest BCUT2D eigenvalue weighted by molar-refractivity contribution is -0.136. The van der Waals surface area contributed by atoms with Gasteiger partial charge in [0.1, 0.15) is 35.6 Å². The summed E-state index contributed by atoms with van der Waals surface area (Å²) in [5.41, 5.74) is 3.00. The van der Waals surface area contributed by atoms with Gasteiger partial charge in [-0.2, -0.15) is 0 Å². The topological polar surface area (TPSA) is 201 Å². The summed E-state index contributed by atoms with van der Waals surface area (Å²) in [6, 6.07) is 16.3. The Labute approximate surface area is 417 Å². The Balaban J connectivity index is 0.692. The van der Waals surface area contributed by atoms with Crippen LogP contribution in [0.5, 0.6) is 0 Å². The number of likely N-dealkylation sites (tertiary alicyclic amines) is 1. The largest absolute Gasteiger partial charge is 0.384 e. The van der Waals surface area contributed by atoms with Gasteiger partial charge >= 0.3 is 0 Å². The van der Waals surface area contributed by atoms with E-state index < -0.39 is 46.8 Å². The molecule has 1 atom stereocenters. The van der Waals surface area contributed by atoms with Crippen molar-refractivity contribution in [1.29, 1.82) is 0 Å². The number of nitrogens with one attached hydrogen (secondary N) is 5. The van der Waals surface area contributed by atoms with E-state index in [0.29, 0.717) is 88.6 Å². The molecule has 0 radical (unpaired) electrons. The second-order valence-electron chi connectivity index (χ2n) is 20.6. The number of fused-ring (bicyclic) bond motifs is 1. The van der Waals surface area contributed by atoms with Gasteiger partial charge in [-0.1, -0.05) is 50.6 Å². The minimum atomic E-state index is -1.03. The van der Waals surface area contributed by atoms with Gasteiger partial charge in [0.15, 0.2) is 0 Å². The summed E-state index contributed by atoms with van der Waals surface area (Å²) in [5, 5.41) is 15.0. The van der Waals surface area contributed by atoms with E-state index in [4.69, 9.17) is 0 Å². The fraction of sp³-hybridized carbons (Fsp3) is 0.472. The van der Waals surface area contributed by atoms with E-state index in [1.807, 2.05) is 30.3 Å². The minimum Gasteiger partial charge on any atom is -0.384 e. The molecule has 6 heterocycles. The first-order valence-corrected chi connectivity index (χ1v) is 25.1. The van der Waals surface area contributed by atoms with E-state index in [-0.39, 0.29) is 53.4 Å². The molecule has 9 rings (SSSR count). The van der Waals surface area contributed by atoms with Crippen LogP contribution in [-0.2, 0) is 38.8 Å². The van der Waals surface area contributed by atoms with Gasteiger partial charge in [0, 0.05) is 82.0 Å². The number of amides is 6. The zero-order valence-electron chi connectivity index (χ0n) is 41.0. The fourth-order valence-electron chi connectivity index (χ4n) is 10.5. The molecule has 6 amide bonds. The van der Waals surface area contributed by atoms with E-state index in [1.54, 1.807) is 23.1 Å². The molecule has 5 aliphatic heterocycles. The molecule has 5 N–H and O–H groups in total. The van der Waals surface area contributed by atoms with Crippen molar-refractivity contribution in [2.45, 2.75) is 109 Å². The number of piperidine rings is 3. The monoisotopic (exact) mass is 987 g/mol. The first-order chi connectivity index (χ1) is 34.6. The molecule has 5 aliphatic rings. The average molecular weight is 988 g/mol. The summed E-state index contributed by atoms with van der Waals surface area (Å²) < 4.78 is 31.2. The predicted molar refractivity (Wildman–Crippen MR) is 267 cm³/mol. The van der Waals surface area contributed by atoms with E-state index in [2.05, 4.69) is 60.2 Å². The molecule has 72 heavy (non-hydrogen) atoms. The van der Waals surface area contributed by atoms with Gasteiger partial charge in [-0.3, -0.25) is 43.9 Å². The van der Waals surface area contributed by atoms with Crippen molar-refractivity contribution in [3.05, 3.63) is 106 Å². The summed E-state index contributed by atoms with van der Waals surface area (Å²) in [6.45, 7) is 9.41. The molecule has 3 aromatic carbocycles. The lowest BCUT2D eigenvalue weighted by Gasteiger charge is -2.48. The van der Waals surface area contributed by atoms with Crippen molar-refractivity contribution in [1.82, 2.24) is 35.7 Å². The summed E-state index contributed by atoms with van der Waals surface area (Å²) >= 11 is 0. The number of benzene rings is 3. The third-order valence-corrected chi connectivity index (χ3v) is 14.8. The highest BCUT2D eigenvalue weighted by Crippen LogP contribution is 2.36. The van der Waals surface area contributed by atoms with Gasteiger partial charge < -0.3 is 31.1 Å². The summed E-state index contributed by atoms with van der Waals surface area (Å²) in [4.78, 5) is 92.4. The number of carbonyl (C=O) groups is 6. The zero-order valence-corrected chi connectivity index (χ0v) is 41.0. The first-order valence-electron chi connectivity index (χ1n) is 25.1. The van der Waals surface area contributed by atoms with Crippen molar-refractivity contribution in [3.8, 4) is 0 Å². The maximum atomic E-state index is 15.7. The maximum Gasteiger partial charge on any atom is 0.264 e. The predicted octanol–water partition coefficient (Wildman–Crippen LogP) is 5.65. The number of hydrogen-bond donors (Lipinski definition) is 5. The van der Waals surface area contributed by atoms with Gasteiger partial charge in [0.25, 0.3) is 11.8 Å². The highest BCUT2D eigenvalue weighted by molar-refractivity contribution is 6.25. The second-order valence-corrected chi connectivity index (χ2v) is 20.6. The Hall–Kier alpha value is -7.02. The van der Waals surface area contributed by atoms with E-state index in [1.165, 1.54) is 18.5 Å². The molecule has 0 aliphatic carbocycles. The van der Waals surface area contributed by atoms with Crippen molar-refractivity contribution in [2.75, 3.05) is 66.2 Å². The van der Waals surface area contributed by atoms with Crippen LogP contribution in [0.2, 0.25) is 0 Å². The molecule has 380 valence electrons. The first kappa shape index (κ1) is 49.9. The number of anilines is 4. The second kappa shape index (κ2) is 21.4. The maximum absolute atomic E-state index is 15.7. The number of nitrogens with zero attached hydrogens (tertiary/aromatic N) is 6. The quantitative estimate of drug-likeness (QED) is 0.0643. The van der Waals surface area contributed by atoms with Gasteiger partial charge in [-0.05, 0) is 92.8 Å². The van der Waals surface area contributed by atoms with Crippen LogP contribution >= 0.6 is 0 Å². The molecular weight excluding hydrogens is 925 g/mol. The lowest BCUT2D eigenvalue weighted by Crippen LogP contribution is -2.66. The molecule has 17 nitrogen and oxygen atoms in total. The highest BCUT2D eigenvalue weighted by Gasteiger charge is 2.46. The van der Waals surface area contributed by atoms with Crippen LogP contribution in [0.3, 0.4) is 0 Å². The highest BCUT2D eigenvalue weighted by atomic mass is 19.1. The number of unbranched alkanes of at least 4 members (excludes halogenated alkanes) is 2. The Bertz CT molecular complexity index is 2740. The number of carbonyl (C=O) groups excluding carboxylic acids is 6. The van der Waals surface area contributed by atoms with Crippen molar-refractivity contribution < 1.29 is 37.5 Å². The van der Waals surface area contributed by atoms with Crippen LogP contribution in [0, 0.1) is 17.0 Å². The van der Waals surface area contributed by atoms with Crippen LogP contribution in [0.25, 0.3) is 0 Å². The van der Waals surface area contributed by atoms with Crippen LogP contribution in [0.1, 0.15) is 115 Å². The summed E-state index contributed by atoms with van der Waals surface area (Å²) in [5.74, 6) is -2.06. The normalized spacial score (nSPS) is 19.8. The van der Waals surface area contributed by atoms with Crippen molar-refractivity contribution in [3.63, 3.8) is 0 Å². The Morgan fingerprint density at radius 2 is 1.56 bits per heavy atom. The Morgan fingerprint density at radius 1 is 0.792 bits per heavy atom. The third kappa shape index (κ3) is 11.5. The van der Waals surface area contributed by atoms with Gasteiger partial charge in [-0.25, -0.2) is 18.7 Å². The molecule has 1 unspecified atom stereocenters. The summed E-state index contributed by atoms with van der Waals surface area (Å²) in [6.07, 6.45) is 7.36. The average Bonchev–Trinajstić information content (AvgIpc) is 3.61. The van der Waals surface area contributed by atoms with Crippen LogP contribution < -0.4 is 36.4 Å². The third-order valence-electron chi connectivity index (χ3n) is 14.8. The van der Waals surface area contributed by atoms with E-state index >= 15 is 8.78 Å². The van der Waals surface area contributed by atoms with Crippen LogP contribution in [0.15, 0.2) is 67.0 Å². The molecule has 4 aromatic rings. The number of imide groups is 2. The zero-order chi connectivity index (χ0) is 50.6. The fourth-order valence-corrected chi connectivity index (χ4v) is 10.5.